The molecule has 0 saturated heterocycles. The van der Waals surface area contributed by atoms with Gasteiger partial charge in [0, 0.05) is 202 Å². The van der Waals surface area contributed by atoms with Crippen molar-refractivity contribution in [3.8, 4) is 0 Å². The molecule has 0 saturated carbocycles. The molecule has 656 valence electrons. The molecule has 127 heavy (non-hydrogen) atoms. The second kappa shape index (κ2) is 46.8. The van der Waals surface area contributed by atoms with E-state index in [9.17, 15) is 65.8 Å². The average Bonchev–Trinajstić information content (AvgIpc) is 0.806. The monoisotopic (exact) mass is 1890 g/mol. The number of hydrogen-bond donors (Lipinski definition) is 2. The fourth-order valence-corrected chi connectivity index (χ4v) is 23.2. The molecule has 18 rings (SSSR count). The number of carbonyl (C=O) groups excluding carboxylic acids is 9. The van der Waals surface area contributed by atoms with Crippen LogP contribution >= 0.6 is 117 Å². The number of hydrogen-bond acceptors (Lipinski definition) is 20. The Morgan fingerprint density at radius 2 is 0.591 bits per heavy atom. The molecule has 9 heterocycles. The number of carbonyl (C=O) groups is 9. The molecule has 9 aliphatic heterocycles. The van der Waals surface area contributed by atoms with Gasteiger partial charge in [-0.25, -0.2) is 17.6 Å². The summed E-state index contributed by atoms with van der Waals surface area (Å²) in [5, 5.41) is 19.3. The van der Waals surface area contributed by atoms with Gasteiger partial charge in [-0.15, -0.1) is 106 Å². The van der Waals surface area contributed by atoms with Crippen molar-refractivity contribution in [1.82, 2.24) is 0 Å². The van der Waals surface area contributed by atoms with E-state index in [1.165, 1.54) is 84.2 Å². The number of allylic oxidation sites excluding steroid dienone is 6. The quantitative estimate of drug-likeness (QED) is 0.0894. The first-order chi connectivity index (χ1) is 60.7. The topological polar surface area (TPSA) is 194 Å². The molecule has 0 spiro atoms. The van der Waals surface area contributed by atoms with Gasteiger partial charge in [-0.3, -0.25) is 43.2 Å². The molecule has 0 bridgehead atoms. The number of aliphatic hydroxyl groups excluding tert-OH is 2. The van der Waals surface area contributed by atoms with Crippen LogP contribution in [-0.2, 0) is 4.79 Å². The second-order valence-corrected chi connectivity index (χ2v) is 39.4. The lowest BCUT2D eigenvalue weighted by Gasteiger charge is -2.17. The summed E-state index contributed by atoms with van der Waals surface area (Å²) in [6.45, 7) is 24.0. The van der Waals surface area contributed by atoms with Crippen LogP contribution < -0.4 is 0 Å². The smallest absolute Gasteiger partial charge is 0.194 e. The van der Waals surface area contributed by atoms with E-state index >= 15 is 0 Å². The summed E-state index contributed by atoms with van der Waals surface area (Å²) in [6, 6.07) is 44.3. The van der Waals surface area contributed by atoms with Crippen molar-refractivity contribution in [2.24, 2.45) is 0 Å². The predicted molar refractivity (Wildman–Crippen MR) is 521 cm³/mol. The number of aliphatic hydroxyl groups is 2. The van der Waals surface area contributed by atoms with Crippen LogP contribution in [0.3, 0.4) is 0 Å². The number of rotatable bonds is 1. The van der Waals surface area contributed by atoms with Crippen molar-refractivity contribution in [3.63, 3.8) is 0 Å². The number of fused-ring (bicyclic) bond motifs is 9. The lowest BCUT2D eigenvalue weighted by Crippen LogP contribution is -2.13. The standard InChI is InChI=1S/2C12H11FOS.2C12H12OS.C11H9ClOS.C11H9FO2S.C11H9FOS.C11H10O2S.C10H10OS/c2*1-3-8-6-15-11-5-10(13)7(2)4-9(11)12(8)14;2*1-3-9-7-14-11-5-4-8(2)6-10(11)12(9)13;1-2-7-6-14-10-4-3-8(12)5-9(10)11(7)13;1-6(13)9-5-15-10-3-2-7(12)4-8(10)11(9)14;1-2-7-6-14-10-4-3-8(12)5-9(10)11(7)13;1-7-2-3-10-9(4-7)11(13)8(5-12)6-14-10;1-7-2-3-10-8(6-7)9(11)4-5-12-10/h2*3-5H,6H2,1-2H3;2*3-6H,7H2,1-2H3;2-5H,6H2,1H3;2-4,14H,5H2,1H3;2-5H,6H2,1H3;2-5,12H,6H2,1H3;2-3,6H,4-5H2,1H3/b2*8-3+;2*9-3+;7-2+;;7-2+;8-5-;. The zero-order valence-electron chi connectivity index (χ0n) is 72.2. The Kier molecular flexibility index (Phi) is 36.8. The maximum atomic E-state index is 13.3. The summed E-state index contributed by atoms with van der Waals surface area (Å²) in [4.78, 5) is 114. The van der Waals surface area contributed by atoms with Crippen LogP contribution in [0.15, 0.2) is 283 Å². The third-order valence-corrected chi connectivity index (χ3v) is 31.0. The van der Waals surface area contributed by atoms with Crippen molar-refractivity contribution in [1.29, 1.82) is 0 Å². The van der Waals surface area contributed by atoms with Gasteiger partial charge in [0.05, 0.1) is 6.26 Å². The Morgan fingerprint density at radius 3 is 0.937 bits per heavy atom. The van der Waals surface area contributed by atoms with Crippen molar-refractivity contribution < 1.29 is 70.9 Å². The fraction of sp³-hybridized carbons (Fsp3) is 0.225. The first-order valence-corrected chi connectivity index (χ1v) is 49.6. The van der Waals surface area contributed by atoms with Gasteiger partial charge in [0.15, 0.2) is 52.0 Å². The van der Waals surface area contributed by atoms with Gasteiger partial charge >= 0.3 is 0 Å². The van der Waals surface area contributed by atoms with Crippen LogP contribution in [0, 0.1) is 64.8 Å². The van der Waals surface area contributed by atoms with E-state index in [1.807, 2.05) is 166 Å². The predicted octanol–water partition coefficient (Wildman–Crippen LogP) is 28.0. The molecule has 0 atom stereocenters. The summed E-state index contributed by atoms with van der Waals surface area (Å²) in [5.74, 6) is 5.60. The first-order valence-electron chi connectivity index (χ1n) is 40.3. The van der Waals surface area contributed by atoms with E-state index in [-0.39, 0.29) is 69.5 Å². The minimum Gasteiger partial charge on any atom is -0.515 e. The van der Waals surface area contributed by atoms with Gasteiger partial charge in [-0.2, -0.15) is 0 Å². The van der Waals surface area contributed by atoms with Gasteiger partial charge in [0.1, 0.15) is 29.0 Å². The summed E-state index contributed by atoms with van der Waals surface area (Å²) < 4.78 is 52.4. The van der Waals surface area contributed by atoms with E-state index in [0.717, 1.165) is 146 Å². The van der Waals surface area contributed by atoms with Gasteiger partial charge in [-0.05, 0) is 229 Å². The van der Waals surface area contributed by atoms with Crippen LogP contribution in [0.5, 0.6) is 0 Å². The normalized spacial score (nSPS) is 17.7. The molecule has 0 aliphatic carbocycles. The molecule has 11 nitrogen and oxygen atoms in total. The zero-order valence-corrected chi connectivity index (χ0v) is 80.3. The largest absolute Gasteiger partial charge is 0.515 e. The Hall–Kier alpha value is -9.31. The van der Waals surface area contributed by atoms with Crippen molar-refractivity contribution in [3.05, 3.63) is 351 Å². The fourth-order valence-electron chi connectivity index (χ4n) is 13.4. The molecule has 25 heteroatoms. The SMILES string of the molecule is C/C=C1\CSc2cc(F)c(C)cc2C1=O.C/C=C1\CSc2cc(F)c(C)cc2C1=O.C/C=C1\CSc2ccc(C)cc2C1=O.C/C=C1\CSc2ccc(C)cc2C1=O.C/C=C1\CSc2ccc(Cl)cc2C1=O.C/C=C1\CSc2ccc(F)cc2C1=O.CC(=O)C1=C(O)c2cc(F)ccc2SC1.Cc1ccc2c(c1)C(=O)/C(=C\O)CS2.Cc1ccc2c(c1)C(=O)CCS2. The van der Waals surface area contributed by atoms with E-state index in [4.69, 9.17) is 16.7 Å². The number of Topliss-reactive ketones (excluding diaryl/α,β-unsaturated/α-hetero) is 9. The highest BCUT2D eigenvalue weighted by atomic mass is 35.5. The minimum absolute atomic E-state index is 0.0364. The molecule has 2 N–H and O–H groups in total. The number of halogens is 5. The number of ketones is 9. The Balaban J connectivity index is 0.000000149. The van der Waals surface area contributed by atoms with Crippen LogP contribution in [0.25, 0.3) is 5.76 Å². The van der Waals surface area contributed by atoms with Crippen molar-refractivity contribution >= 4 is 175 Å². The molecule has 0 amide bonds. The van der Waals surface area contributed by atoms with Gasteiger partial charge in [0.25, 0.3) is 0 Å². The third kappa shape index (κ3) is 25.4. The van der Waals surface area contributed by atoms with Gasteiger partial charge < -0.3 is 10.2 Å². The number of aryl methyl sites for hydroxylation is 6. The maximum absolute atomic E-state index is 13.3. The molecule has 9 aliphatic rings. The highest BCUT2D eigenvalue weighted by Crippen LogP contribution is 2.42. The Morgan fingerprint density at radius 1 is 0.323 bits per heavy atom. The summed E-state index contributed by atoms with van der Waals surface area (Å²) in [6.07, 6.45) is 12.8. The molecule has 0 fully saturated rings. The first kappa shape index (κ1) is 99.8. The lowest BCUT2D eigenvalue weighted by molar-refractivity contribution is -0.113. The molecule has 0 unspecified atom stereocenters. The van der Waals surface area contributed by atoms with E-state index in [2.05, 4.69) is 18.2 Å². The van der Waals surface area contributed by atoms with E-state index in [0.29, 0.717) is 96.1 Å². The maximum Gasteiger partial charge on any atom is 0.194 e. The van der Waals surface area contributed by atoms with Gasteiger partial charge in [0.2, 0.25) is 0 Å². The van der Waals surface area contributed by atoms with E-state index < -0.39 is 5.82 Å². The van der Waals surface area contributed by atoms with E-state index in [1.54, 1.807) is 121 Å². The van der Waals surface area contributed by atoms with Crippen LogP contribution in [0.2, 0.25) is 5.02 Å². The molecular weight excluding hydrogens is 1800 g/mol. The number of thioether (sulfide) groups is 9. The Labute approximate surface area is 782 Å². The van der Waals surface area contributed by atoms with Gasteiger partial charge in [-0.1, -0.05) is 94.6 Å². The highest BCUT2D eigenvalue weighted by molar-refractivity contribution is 8.01. The second-order valence-electron chi connectivity index (χ2n) is 29.7. The van der Waals surface area contributed by atoms with Crippen LogP contribution in [0.4, 0.5) is 17.6 Å². The third-order valence-electron chi connectivity index (χ3n) is 20.8. The Bertz CT molecular complexity index is 5610. The minimum atomic E-state index is -0.411. The van der Waals surface area contributed by atoms with Crippen molar-refractivity contribution in [2.45, 2.75) is 140 Å². The molecule has 9 aromatic rings. The van der Waals surface area contributed by atoms with Crippen LogP contribution in [-0.4, -0.2) is 114 Å². The van der Waals surface area contributed by atoms with Crippen molar-refractivity contribution in [2.75, 3.05) is 51.8 Å². The summed E-state index contributed by atoms with van der Waals surface area (Å²) >= 11 is 20.4. The average molecular weight is 1890 g/mol. The highest BCUT2D eigenvalue weighted by Gasteiger charge is 2.30. The lowest BCUT2D eigenvalue weighted by atomic mass is 10.0. The summed E-state index contributed by atoms with van der Waals surface area (Å²) in [5.41, 5.74) is 17.8. The molecule has 0 radical (unpaired) electrons. The summed E-state index contributed by atoms with van der Waals surface area (Å²) in [7, 11) is 0. The number of benzene rings is 9. The molecule has 0 aromatic heterocycles. The molecule has 9 aromatic carbocycles. The van der Waals surface area contributed by atoms with Crippen LogP contribution in [0.1, 0.15) is 177 Å². The molecular formula is C102H93ClF4O11S9. The zero-order chi connectivity index (χ0) is 92.2.